The summed E-state index contributed by atoms with van der Waals surface area (Å²) in [5.74, 6) is -9.25. The molecule has 6 rings (SSSR count). The number of aryl methyl sites for hydroxylation is 1. The Morgan fingerprint density at radius 2 is 1.16 bits per heavy atom. The first-order valence-electron chi connectivity index (χ1n) is 47.6. The number of amides is 8. The number of carboxylic acids is 1. The molecule has 45 nitrogen and oxygen atoms in total. The van der Waals surface area contributed by atoms with Crippen molar-refractivity contribution >= 4 is 86.0 Å². The third-order valence-electron chi connectivity index (χ3n) is 23.6. The number of ether oxygens (including phenoxy) is 15. The number of fused-ring (bicyclic) bond motifs is 1. The highest BCUT2D eigenvalue weighted by Crippen LogP contribution is 2.35. The molecule has 790 valence electrons. The fourth-order valence-corrected chi connectivity index (χ4v) is 16.5. The number of pyridine rings is 1. The molecule has 2 saturated heterocycles. The van der Waals surface area contributed by atoms with Crippen LogP contribution in [0.1, 0.15) is 128 Å². The van der Waals surface area contributed by atoms with Gasteiger partial charge >= 0.3 is 11.9 Å². The number of hydrogen-bond donors (Lipinski definition) is 13. The van der Waals surface area contributed by atoms with Crippen LogP contribution in [0, 0.1) is 23.7 Å². The van der Waals surface area contributed by atoms with Crippen molar-refractivity contribution in [1.82, 2.24) is 61.7 Å². The molecule has 0 saturated carbocycles. The third kappa shape index (κ3) is 40.9. The zero-order chi connectivity index (χ0) is 103. The smallest absolute Gasteiger partial charge is 0.342 e. The number of rotatable bonds is 72. The van der Waals surface area contributed by atoms with Crippen LogP contribution >= 0.6 is 0 Å². The lowest BCUT2D eigenvalue weighted by Gasteiger charge is -2.41. The number of carboxylic acid groups (broad SMARTS) is 1. The standard InChI is InChI=1S/C94H151N13O32S/c1-15-62(6)80(105(12)91(118)79(61(4)5)103-90(117)78(95-9)60(2)3)73(125-13)57-77(111)107-33-20-24-71(107)84(126-14)63(7)88(115)100-64(8)85(65-21-17-16-18-22-65)138-93(121)69-26-25-67(56-72(69)137-94-83(114)81(112)82(113)86(139-94)92(119)120)101-76(110)29-36-128-40-43-131-45-47-133-49-51-135-53-54-136-52-50-134-48-46-132-44-42-129-37-31-97-74(108)28-35-127-39-41-130-38-32-99-89(116)70(59-140(122,123)124)102-75(109)27-34-106-68(58-104(11)96-10)55-66-23-19-30-98-87(66)106/h16-19,21-23,25-26,30,55-56,60-64,70-71,73,78-86,94-96,112-114H,15,20,24,27-29,31-54,57-59H2,1-14H3,(H,97,108)(H,99,116)(H,100,115)(H,101,110)(H,102,109)(H,103,117)(H,119,120)(H,122,123,124)/t62-,63+,64+,70-,71-,73+,78-,79-,80-,81-,82-,83+,84+,85+,86-,94+/m0/s1. The highest BCUT2D eigenvalue weighted by Gasteiger charge is 2.49. The molecule has 13 N–H and O–H groups in total. The number of hydrogen-bond acceptors (Lipinski definition) is 34. The number of aromatic nitrogens is 2. The van der Waals surface area contributed by atoms with E-state index in [0.29, 0.717) is 110 Å². The molecule has 140 heavy (non-hydrogen) atoms. The van der Waals surface area contributed by atoms with Crippen molar-refractivity contribution in [2.24, 2.45) is 23.7 Å². The van der Waals surface area contributed by atoms with Gasteiger partial charge in [-0.2, -0.15) is 8.42 Å². The number of carbonyl (C=O) groups is 10. The van der Waals surface area contributed by atoms with E-state index in [1.165, 1.54) is 32.4 Å². The number of aliphatic hydroxyl groups excluding tert-OH is 3. The number of esters is 1. The molecule has 0 bridgehead atoms. The molecule has 0 spiro atoms. The average molecular weight is 2010 g/mol. The lowest BCUT2D eigenvalue weighted by atomic mass is 9.89. The van der Waals surface area contributed by atoms with Gasteiger partial charge < -0.3 is 143 Å². The van der Waals surface area contributed by atoms with E-state index in [0.717, 1.165) is 11.1 Å². The number of likely N-dealkylation sites (tertiary alicyclic amines) is 1. The zero-order valence-electron chi connectivity index (χ0n) is 83.1. The van der Waals surface area contributed by atoms with E-state index in [4.69, 9.17) is 71.1 Å². The van der Waals surface area contributed by atoms with Crippen molar-refractivity contribution in [3.05, 3.63) is 89.7 Å². The summed E-state index contributed by atoms with van der Waals surface area (Å²) in [5.41, 5.74) is 4.70. The van der Waals surface area contributed by atoms with Crippen LogP contribution in [0.5, 0.6) is 5.75 Å². The normalized spacial score (nSPS) is 18.3. The predicted octanol–water partition coefficient (Wildman–Crippen LogP) is 1.16. The molecule has 2 aromatic heterocycles. The monoisotopic (exact) mass is 2010 g/mol. The Morgan fingerprint density at radius 1 is 0.607 bits per heavy atom. The Bertz CT molecular complexity index is 4510. The molecule has 2 aliphatic rings. The number of carbonyl (C=O) groups excluding carboxylic acids is 9. The van der Waals surface area contributed by atoms with Gasteiger partial charge in [-0.15, -0.1) is 0 Å². The molecular weight excluding hydrogens is 1860 g/mol. The van der Waals surface area contributed by atoms with Crippen LogP contribution in [-0.4, -0.2) is 396 Å². The molecule has 2 aromatic carbocycles. The van der Waals surface area contributed by atoms with Crippen molar-refractivity contribution in [1.29, 1.82) is 0 Å². The summed E-state index contributed by atoms with van der Waals surface area (Å²) >= 11 is 0. The highest BCUT2D eigenvalue weighted by atomic mass is 32.2. The fourth-order valence-electron chi connectivity index (χ4n) is 15.9. The van der Waals surface area contributed by atoms with Crippen LogP contribution in [-0.2, 0) is 133 Å². The first kappa shape index (κ1) is 119. The largest absolute Gasteiger partial charge is 0.479 e. The maximum absolute atomic E-state index is 14.7. The SMILES string of the molecule is CC[C@H](C)[C@@H]([C@@H](CC(=O)N1CCC[C@H]1[C@H](OC)[C@@H](C)C(=O)N[C@H](C)[C@@H](OC(=O)c1ccc(NC(=O)CCOCCOCCOCCOCCOCCOCCOCCOCCNC(=O)CCOCCOCCNC(=O)[C@H](CS(=O)(=O)O)NC(=O)CCn2c(CN(C)NC)cc3cccnc32)cc1O[C@@H]1O[C@H](C(=O)O)[C@@H](O)[C@H](O)[C@H]1O)c1ccccc1)OC)N(C)C(=O)[C@@H](NC(=O)[C@@H](NC)C(C)C)C(C)C. The van der Waals surface area contributed by atoms with E-state index in [2.05, 4.69) is 47.6 Å². The fraction of sp³-hybridized carbons (Fsp3) is 0.691. The van der Waals surface area contributed by atoms with Crippen LogP contribution < -0.4 is 47.4 Å². The van der Waals surface area contributed by atoms with Gasteiger partial charge in [0.25, 0.3) is 10.1 Å². The van der Waals surface area contributed by atoms with E-state index in [1.807, 2.05) is 70.3 Å². The summed E-state index contributed by atoms with van der Waals surface area (Å²) in [7, 11) is 5.29. The summed E-state index contributed by atoms with van der Waals surface area (Å²) in [6.07, 6.45) is -10.1. The Balaban J connectivity index is 0.813. The summed E-state index contributed by atoms with van der Waals surface area (Å²) in [5, 5.41) is 64.3. The first-order valence-corrected chi connectivity index (χ1v) is 49.2. The van der Waals surface area contributed by atoms with Gasteiger partial charge in [0, 0.05) is 96.4 Å². The molecule has 2 aliphatic heterocycles. The lowest BCUT2D eigenvalue weighted by Crippen LogP contribution is -2.61. The van der Waals surface area contributed by atoms with Gasteiger partial charge in [-0.05, 0) is 87.5 Å². The molecular formula is C94H151N13O32S. The molecule has 4 heterocycles. The van der Waals surface area contributed by atoms with Crippen LogP contribution in [0.3, 0.4) is 0 Å². The minimum atomic E-state index is -4.65. The second kappa shape index (κ2) is 64.4. The van der Waals surface area contributed by atoms with Crippen molar-refractivity contribution in [2.45, 2.75) is 199 Å². The van der Waals surface area contributed by atoms with E-state index < -0.39 is 148 Å². The topological polar surface area (TPSA) is 568 Å². The average Bonchev–Trinajstić information content (AvgIpc) is 1.62. The number of aliphatic hydroxyl groups is 3. The van der Waals surface area contributed by atoms with Gasteiger partial charge in [0.15, 0.2) is 6.10 Å². The molecule has 16 atom stereocenters. The van der Waals surface area contributed by atoms with Gasteiger partial charge in [0.2, 0.25) is 53.5 Å². The molecule has 0 unspecified atom stereocenters. The van der Waals surface area contributed by atoms with Gasteiger partial charge in [-0.3, -0.25) is 48.3 Å². The molecule has 0 radical (unpaired) electrons. The number of hydrazine groups is 1. The minimum Gasteiger partial charge on any atom is -0.479 e. The number of benzene rings is 2. The molecule has 8 amide bonds. The van der Waals surface area contributed by atoms with Crippen molar-refractivity contribution in [3.8, 4) is 5.75 Å². The van der Waals surface area contributed by atoms with Crippen molar-refractivity contribution in [2.75, 3.05) is 205 Å². The second-order valence-corrected chi connectivity index (χ2v) is 36.1. The maximum Gasteiger partial charge on any atom is 0.342 e. The summed E-state index contributed by atoms with van der Waals surface area (Å²) in [6, 6.07) is 12.8. The number of nitrogens with one attached hydrogen (secondary N) is 8. The van der Waals surface area contributed by atoms with Gasteiger partial charge in [-0.25, -0.2) is 19.6 Å². The number of anilines is 1. The number of likely N-dealkylation sites (N-methyl/N-ethyl adjacent to an activating group) is 2. The van der Waals surface area contributed by atoms with Gasteiger partial charge in [-0.1, -0.05) is 85.2 Å². The zero-order valence-corrected chi connectivity index (χ0v) is 83.9. The van der Waals surface area contributed by atoms with Gasteiger partial charge in [0.1, 0.15) is 59.2 Å². The van der Waals surface area contributed by atoms with Crippen LogP contribution in [0.25, 0.3) is 11.0 Å². The first-order chi connectivity index (χ1) is 67.0. The molecule has 2 fully saturated rings. The van der Waals surface area contributed by atoms with E-state index in [-0.39, 0.29) is 164 Å². The summed E-state index contributed by atoms with van der Waals surface area (Å²) in [6.45, 7) is 21.0. The van der Waals surface area contributed by atoms with E-state index in [9.17, 15) is 81.3 Å². The van der Waals surface area contributed by atoms with Crippen LogP contribution in [0.2, 0.25) is 0 Å². The lowest BCUT2D eigenvalue weighted by molar-refractivity contribution is -0.271. The number of methoxy groups -OCH3 is 2. The molecule has 0 aliphatic carbocycles. The van der Waals surface area contributed by atoms with Gasteiger partial charge in [0.05, 0.1) is 194 Å². The number of nitrogens with zero attached hydrogens (tertiary/aromatic N) is 5. The van der Waals surface area contributed by atoms with Crippen molar-refractivity contribution in [3.63, 3.8) is 0 Å². The van der Waals surface area contributed by atoms with Crippen LogP contribution in [0.4, 0.5) is 5.69 Å². The Kier molecular flexibility index (Phi) is 55.0. The van der Waals surface area contributed by atoms with Crippen molar-refractivity contribution < 1.29 is 152 Å². The van der Waals surface area contributed by atoms with E-state index >= 15 is 0 Å². The minimum absolute atomic E-state index is 0.0298. The quantitative estimate of drug-likeness (QED) is 0.0128. The maximum atomic E-state index is 14.7. The Morgan fingerprint density at radius 3 is 1.69 bits per heavy atom. The Labute approximate surface area is 819 Å². The summed E-state index contributed by atoms with van der Waals surface area (Å²) in [4.78, 5) is 143. The predicted molar refractivity (Wildman–Crippen MR) is 509 cm³/mol. The number of aliphatic carboxylic acids is 1. The second-order valence-electron chi connectivity index (χ2n) is 34.6. The van der Waals surface area contributed by atoms with Crippen LogP contribution in [0.15, 0.2) is 72.9 Å². The highest BCUT2D eigenvalue weighted by molar-refractivity contribution is 7.85. The third-order valence-corrected chi connectivity index (χ3v) is 24.4. The Hall–Kier alpha value is -9.22. The molecule has 46 heteroatoms. The summed E-state index contributed by atoms with van der Waals surface area (Å²) < 4.78 is 120. The molecule has 4 aromatic rings. The van der Waals surface area contributed by atoms with E-state index in [1.54, 1.807) is 87.4 Å².